The minimum absolute atomic E-state index is 0.144. The lowest BCUT2D eigenvalue weighted by atomic mass is 10.1. The standard InChI is InChI=1S/C23H26FN3O3/c1-16-5-3-4-6-19(16)27-22(28)14-20(23(27)29)26-11-9-25(10-12-26)15-17-13-18(24)7-8-21(17)30-2/h3-8,13,20H,9-12,14-15H2,1-2H3/t20-/m0/s1. The van der Waals surface area contributed by atoms with Crippen LogP contribution in [-0.4, -0.2) is 60.9 Å². The smallest absolute Gasteiger partial charge is 0.251 e. The summed E-state index contributed by atoms with van der Waals surface area (Å²) < 4.78 is 19.0. The summed E-state index contributed by atoms with van der Waals surface area (Å²) in [6.07, 6.45) is 0.213. The Balaban J connectivity index is 1.40. The fraction of sp³-hybridized carbons (Fsp3) is 0.391. The Morgan fingerprint density at radius 3 is 2.50 bits per heavy atom. The molecule has 2 fully saturated rings. The minimum Gasteiger partial charge on any atom is -0.496 e. The number of ether oxygens (including phenoxy) is 1. The molecule has 0 bridgehead atoms. The Hall–Kier alpha value is -2.77. The van der Waals surface area contributed by atoms with Gasteiger partial charge in [-0.25, -0.2) is 9.29 Å². The van der Waals surface area contributed by atoms with E-state index in [9.17, 15) is 14.0 Å². The van der Waals surface area contributed by atoms with Gasteiger partial charge in [0.25, 0.3) is 5.91 Å². The highest BCUT2D eigenvalue weighted by Gasteiger charge is 2.43. The molecule has 0 aliphatic carbocycles. The number of imide groups is 1. The van der Waals surface area contributed by atoms with E-state index in [4.69, 9.17) is 4.74 Å². The molecule has 30 heavy (non-hydrogen) atoms. The number of hydrogen-bond acceptors (Lipinski definition) is 5. The number of anilines is 1. The summed E-state index contributed by atoms with van der Waals surface area (Å²) in [6, 6.07) is 11.6. The van der Waals surface area contributed by atoms with E-state index >= 15 is 0 Å². The molecule has 0 aromatic heterocycles. The third kappa shape index (κ3) is 3.95. The highest BCUT2D eigenvalue weighted by atomic mass is 19.1. The van der Waals surface area contributed by atoms with Gasteiger partial charge in [0.1, 0.15) is 11.6 Å². The lowest BCUT2D eigenvalue weighted by molar-refractivity contribution is -0.123. The molecular weight excluding hydrogens is 385 g/mol. The maximum atomic E-state index is 13.6. The molecule has 0 N–H and O–H groups in total. The largest absolute Gasteiger partial charge is 0.496 e. The second-order valence-electron chi connectivity index (χ2n) is 7.84. The van der Waals surface area contributed by atoms with Crippen LogP contribution < -0.4 is 9.64 Å². The highest BCUT2D eigenvalue weighted by Crippen LogP contribution is 2.29. The highest BCUT2D eigenvalue weighted by molar-refractivity contribution is 6.22. The average molecular weight is 411 g/mol. The number of rotatable bonds is 5. The van der Waals surface area contributed by atoms with Gasteiger partial charge >= 0.3 is 0 Å². The van der Waals surface area contributed by atoms with Crippen molar-refractivity contribution in [1.82, 2.24) is 9.80 Å². The molecule has 1 atom stereocenters. The van der Waals surface area contributed by atoms with Crippen LogP contribution in [0.2, 0.25) is 0 Å². The molecule has 158 valence electrons. The second kappa shape index (κ2) is 8.53. The van der Waals surface area contributed by atoms with Crippen molar-refractivity contribution < 1.29 is 18.7 Å². The van der Waals surface area contributed by atoms with E-state index in [0.717, 1.165) is 24.2 Å². The number of para-hydroxylation sites is 1. The van der Waals surface area contributed by atoms with Crippen LogP contribution in [0.25, 0.3) is 0 Å². The Labute approximate surface area is 175 Å². The van der Waals surface area contributed by atoms with Crippen LogP contribution in [0, 0.1) is 12.7 Å². The third-order valence-corrected chi connectivity index (χ3v) is 5.96. The molecule has 2 aromatic carbocycles. The van der Waals surface area contributed by atoms with Crippen molar-refractivity contribution in [3.8, 4) is 5.75 Å². The fourth-order valence-electron chi connectivity index (χ4n) is 4.31. The lowest BCUT2D eigenvalue weighted by Crippen LogP contribution is -2.52. The van der Waals surface area contributed by atoms with Crippen molar-refractivity contribution in [1.29, 1.82) is 0 Å². The van der Waals surface area contributed by atoms with Gasteiger partial charge in [0.2, 0.25) is 5.91 Å². The Morgan fingerprint density at radius 1 is 1.07 bits per heavy atom. The van der Waals surface area contributed by atoms with Gasteiger partial charge in [-0.05, 0) is 36.8 Å². The van der Waals surface area contributed by atoms with Crippen LogP contribution in [0.15, 0.2) is 42.5 Å². The predicted octanol–water partition coefficient (Wildman–Crippen LogP) is 2.59. The molecule has 2 aliphatic heterocycles. The quantitative estimate of drug-likeness (QED) is 0.708. The van der Waals surface area contributed by atoms with Gasteiger partial charge in [0, 0.05) is 38.3 Å². The van der Waals surface area contributed by atoms with Crippen molar-refractivity contribution in [3.63, 3.8) is 0 Å². The number of benzene rings is 2. The number of nitrogens with zero attached hydrogens (tertiary/aromatic N) is 3. The zero-order valence-electron chi connectivity index (χ0n) is 17.3. The monoisotopic (exact) mass is 411 g/mol. The number of amides is 2. The summed E-state index contributed by atoms with van der Waals surface area (Å²) >= 11 is 0. The summed E-state index contributed by atoms with van der Waals surface area (Å²) in [6.45, 7) is 5.33. The van der Waals surface area contributed by atoms with E-state index in [2.05, 4.69) is 9.80 Å². The Bertz CT molecular complexity index is 956. The molecule has 2 amide bonds. The van der Waals surface area contributed by atoms with Gasteiger partial charge in [-0.1, -0.05) is 18.2 Å². The number of piperazine rings is 1. The number of halogens is 1. The summed E-state index contributed by atoms with van der Waals surface area (Å²) in [5.74, 6) is 0.0980. The van der Waals surface area contributed by atoms with Crippen LogP contribution in [0.5, 0.6) is 5.75 Å². The van der Waals surface area contributed by atoms with Crippen LogP contribution in [-0.2, 0) is 16.1 Å². The van der Waals surface area contributed by atoms with Gasteiger partial charge < -0.3 is 4.74 Å². The van der Waals surface area contributed by atoms with Crippen LogP contribution in [0.3, 0.4) is 0 Å². The van der Waals surface area contributed by atoms with Gasteiger partial charge in [0.05, 0.1) is 25.3 Å². The zero-order chi connectivity index (χ0) is 21.3. The summed E-state index contributed by atoms with van der Waals surface area (Å²) in [5, 5.41) is 0. The van der Waals surface area contributed by atoms with Crippen molar-refractivity contribution >= 4 is 17.5 Å². The SMILES string of the molecule is COc1ccc(F)cc1CN1CCN([C@H]2CC(=O)N(c3ccccc3C)C2=O)CC1. The van der Waals surface area contributed by atoms with Crippen molar-refractivity contribution in [2.75, 3.05) is 38.2 Å². The minimum atomic E-state index is -0.414. The summed E-state index contributed by atoms with van der Waals surface area (Å²) in [7, 11) is 1.58. The number of carbonyl (C=O) groups excluding carboxylic acids is 2. The van der Waals surface area contributed by atoms with E-state index in [1.807, 2.05) is 31.2 Å². The van der Waals surface area contributed by atoms with Gasteiger partial charge in [-0.15, -0.1) is 0 Å². The Kier molecular flexibility index (Phi) is 5.83. The molecule has 2 heterocycles. The molecule has 7 heteroatoms. The van der Waals surface area contributed by atoms with Gasteiger partial charge in [-0.2, -0.15) is 0 Å². The van der Waals surface area contributed by atoms with Crippen molar-refractivity contribution in [2.45, 2.75) is 25.9 Å². The number of hydrogen-bond donors (Lipinski definition) is 0. The van der Waals surface area contributed by atoms with Gasteiger partial charge in [-0.3, -0.25) is 19.4 Å². The van der Waals surface area contributed by atoms with Crippen molar-refractivity contribution in [2.24, 2.45) is 0 Å². The number of aryl methyl sites for hydroxylation is 1. The fourth-order valence-corrected chi connectivity index (χ4v) is 4.31. The van der Waals surface area contributed by atoms with Gasteiger partial charge in [0.15, 0.2) is 0 Å². The molecule has 0 unspecified atom stereocenters. The van der Waals surface area contributed by atoms with Crippen molar-refractivity contribution in [3.05, 3.63) is 59.4 Å². The first-order valence-corrected chi connectivity index (χ1v) is 10.2. The average Bonchev–Trinajstić information content (AvgIpc) is 3.03. The normalized spacial score (nSPS) is 20.8. The van der Waals surface area contributed by atoms with E-state index in [-0.39, 0.29) is 24.1 Å². The predicted molar refractivity (Wildman–Crippen MR) is 112 cm³/mol. The number of methoxy groups -OCH3 is 1. The Morgan fingerprint density at radius 2 is 1.80 bits per heavy atom. The maximum Gasteiger partial charge on any atom is 0.251 e. The summed E-state index contributed by atoms with van der Waals surface area (Å²) in [4.78, 5) is 31.3. The first kappa shape index (κ1) is 20.5. The topological polar surface area (TPSA) is 53.1 Å². The molecular formula is C23H26FN3O3. The van der Waals surface area contributed by atoms with E-state index < -0.39 is 6.04 Å². The second-order valence-corrected chi connectivity index (χ2v) is 7.84. The molecule has 2 saturated heterocycles. The molecule has 6 nitrogen and oxygen atoms in total. The maximum absolute atomic E-state index is 13.6. The van der Waals surface area contributed by atoms with Crippen LogP contribution in [0.1, 0.15) is 17.5 Å². The van der Waals surface area contributed by atoms with E-state index in [0.29, 0.717) is 31.1 Å². The lowest BCUT2D eigenvalue weighted by Gasteiger charge is -2.37. The molecule has 4 rings (SSSR count). The number of carbonyl (C=O) groups is 2. The van der Waals surface area contributed by atoms with E-state index in [1.54, 1.807) is 13.2 Å². The molecule has 0 radical (unpaired) electrons. The first-order chi connectivity index (χ1) is 14.5. The third-order valence-electron chi connectivity index (χ3n) is 5.96. The molecule has 0 spiro atoms. The first-order valence-electron chi connectivity index (χ1n) is 10.2. The molecule has 2 aliphatic rings. The molecule has 2 aromatic rings. The van der Waals surface area contributed by atoms with Crippen LogP contribution in [0.4, 0.5) is 10.1 Å². The molecule has 0 saturated carbocycles. The zero-order valence-corrected chi connectivity index (χ0v) is 17.3. The van der Waals surface area contributed by atoms with Crippen LogP contribution >= 0.6 is 0 Å². The summed E-state index contributed by atoms with van der Waals surface area (Å²) in [5.41, 5.74) is 2.39. The van der Waals surface area contributed by atoms with E-state index in [1.165, 1.54) is 17.0 Å².